The van der Waals surface area contributed by atoms with E-state index in [9.17, 15) is 14.4 Å². The van der Waals surface area contributed by atoms with Gasteiger partial charge in [-0.25, -0.2) is 4.57 Å². The lowest BCUT2D eigenvalue weighted by atomic mass is 10.1. The summed E-state index contributed by atoms with van der Waals surface area (Å²) in [6.07, 6.45) is -0.905. The van der Waals surface area contributed by atoms with Gasteiger partial charge in [-0.3, -0.25) is 9.42 Å². The molecule has 8 nitrogen and oxygen atoms in total. The van der Waals surface area contributed by atoms with Crippen LogP contribution in [0.25, 0.3) is 0 Å². The smallest absolute Gasteiger partial charge is 0.471 e. The molecule has 0 heterocycles. The fourth-order valence-electron chi connectivity index (χ4n) is 4.71. The third-order valence-corrected chi connectivity index (χ3v) is 7.23. The number of hydrogen-bond donors (Lipinski definition) is 3. The van der Waals surface area contributed by atoms with Gasteiger partial charge in [0.15, 0.2) is 0 Å². The Hall–Kier alpha value is -3.49. The molecule has 4 aromatic rings. The first-order chi connectivity index (χ1) is 20.1. The Kier molecular flexibility index (Phi) is 11.3. The van der Waals surface area contributed by atoms with Crippen molar-refractivity contribution in [2.75, 3.05) is 6.54 Å². The van der Waals surface area contributed by atoms with Gasteiger partial charge in [0.2, 0.25) is 0 Å². The predicted molar refractivity (Wildman–Crippen MR) is 164 cm³/mol. The summed E-state index contributed by atoms with van der Waals surface area (Å²) < 4.78 is 28.5. The van der Waals surface area contributed by atoms with Crippen LogP contribution < -0.4 is 15.2 Å². The topological polar surface area (TPSA) is 114 Å². The van der Waals surface area contributed by atoms with E-state index in [1.165, 1.54) is 11.1 Å². The number of nitrogens with zero attached hydrogens (tertiary/aromatic N) is 1. The summed E-state index contributed by atoms with van der Waals surface area (Å²) in [5, 5.41) is 0. The van der Waals surface area contributed by atoms with Gasteiger partial charge in [-0.2, -0.15) is 0 Å². The van der Waals surface area contributed by atoms with E-state index < -0.39 is 14.1 Å². The highest BCUT2D eigenvalue weighted by Crippen LogP contribution is 2.37. The molecule has 0 aromatic heterocycles. The number of aryl methyl sites for hydroxylation is 2. The molecule has 0 aliphatic carbocycles. The van der Waals surface area contributed by atoms with E-state index in [0.29, 0.717) is 32.8 Å². The van der Waals surface area contributed by atoms with Crippen molar-refractivity contribution >= 4 is 7.82 Å². The molecule has 0 bridgehead atoms. The fourth-order valence-corrected chi connectivity index (χ4v) is 5.17. The summed E-state index contributed by atoms with van der Waals surface area (Å²) in [5.41, 5.74) is 12.4. The molecule has 0 radical (unpaired) electrons. The zero-order chi connectivity index (χ0) is 30.0. The van der Waals surface area contributed by atoms with E-state index in [0.717, 1.165) is 33.8 Å². The highest BCUT2D eigenvalue weighted by Gasteiger charge is 2.21. The molecule has 0 saturated carbocycles. The lowest BCUT2D eigenvalue weighted by Crippen LogP contribution is -2.31. The molecule has 0 aliphatic rings. The quantitative estimate of drug-likeness (QED) is 0.110. The van der Waals surface area contributed by atoms with Crippen LogP contribution in [0.3, 0.4) is 0 Å². The van der Waals surface area contributed by atoms with E-state index in [1.54, 1.807) is 0 Å². The van der Waals surface area contributed by atoms with Crippen molar-refractivity contribution in [3.8, 4) is 11.5 Å². The van der Waals surface area contributed by atoms with Crippen LogP contribution >= 0.6 is 7.82 Å². The summed E-state index contributed by atoms with van der Waals surface area (Å²) in [5.74, 6) is 1.53. The third kappa shape index (κ3) is 10.4. The zero-order valence-electron chi connectivity index (χ0n) is 24.1. The number of para-hydroxylation sites is 2. The van der Waals surface area contributed by atoms with Gasteiger partial charge in [0.1, 0.15) is 30.9 Å². The van der Waals surface area contributed by atoms with Gasteiger partial charge in [-0.15, -0.1) is 0 Å². The van der Waals surface area contributed by atoms with Gasteiger partial charge < -0.3 is 25.0 Å². The van der Waals surface area contributed by atoms with Crippen molar-refractivity contribution < 1.29 is 28.3 Å². The Labute approximate surface area is 247 Å². The van der Waals surface area contributed by atoms with Crippen LogP contribution in [0.1, 0.15) is 39.8 Å². The van der Waals surface area contributed by atoms with Crippen LogP contribution in [0.2, 0.25) is 0 Å². The number of hydrogen-bond acceptors (Lipinski definition) is 6. The molecule has 0 amide bonds. The molecule has 4 N–H and O–H groups in total. The van der Waals surface area contributed by atoms with Crippen LogP contribution in [0.5, 0.6) is 11.5 Å². The number of rotatable bonds is 15. The fraction of sp³-hybridized carbons (Fsp3) is 0.273. The van der Waals surface area contributed by atoms with Crippen LogP contribution in [0.15, 0.2) is 97.1 Å². The van der Waals surface area contributed by atoms with Gasteiger partial charge in [-0.05, 0) is 37.1 Å². The second-order valence-corrected chi connectivity index (χ2v) is 11.6. The summed E-state index contributed by atoms with van der Waals surface area (Å²) >= 11 is 0. The monoisotopic (exact) mass is 590 g/mol. The normalized spacial score (nSPS) is 12.3. The first-order valence-corrected chi connectivity index (χ1v) is 15.4. The van der Waals surface area contributed by atoms with Crippen molar-refractivity contribution in [2.45, 2.75) is 52.8 Å². The second kappa shape index (κ2) is 15.1. The lowest BCUT2D eigenvalue weighted by Gasteiger charge is -2.26. The molecule has 1 atom stereocenters. The maximum Gasteiger partial charge on any atom is 0.471 e. The molecule has 0 saturated heterocycles. The Bertz CT molecular complexity index is 1400. The summed E-state index contributed by atoms with van der Waals surface area (Å²) in [7, 11) is -4.70. The van der Waals surface area contributed by atoms with Crippen LogP contribution in [-0.4, -0.2) is 27.5 Å². The number of phosphoric ester groups is 1. The zero-order valence-corrected chi connectivity index (χ0v) is 25.0. The molecule has 0 fully saturated rings. The van der Waals surface area contributed by atoms with E-state index in [2.05, 4.69) is 43.0 Å². The van der Waals surface area contributed by atoms with Crippen molar-refractivity contribution in [2.24, 2.45) is 5.73 Å². The highest BCUT2D eigenvalue weighted by molar-refractivity contribution is 7.46. The largest absolute Gasteiger partial charge is 0.489 e. The Morgan fingerprint density at radius 1 is 0.738 bits per heavy atom. The Balaban J connectivity index is 1.51. The van der Waals surface area contributed by atoms with Gasteiger partial charge in [0, 0.05) is 37.2 Å². The molecule has 0 unspecified atom stereocenters. The minimum absolute atomic E-state index is 0.212. The van der Waals surface area contributed by atoms with Crippen LogP contribution in [0.4, 0.5) is 0 Å². The Morgan fingerprint density at radius 3 is 1.67 bits per heavy atom. The molecule has 0 spiro atoms. The Morgan fingerprint density at radius 2 is 1.21 bits per heavy atom. The standard InChI is InChI=1S/C33H39N2O6P/c1-25-9-7-11-27(19-25)23-39-31-15-5-3-13-29(31)21-35(18-17-33(34)41-42(36,37)38)22-30-14-4-6-16-32(30)40-24-28-12-8-10-26(2)20-28/h3-16,19-20,33H,17-18,21-24,34H2,1-2H3,(H2,36,37,38)/t33-/m1/s1. The average molecular weight is 591 g/mol. The molecular weight excluding hydrogens is 551 g/mol. The number of phosphoric acid groups is 1. The van der Waals surface area contributed by atoms with Gasteiger partial charge in [0.25, 0.3) is 0 Å². The van der Waals surface area contributed by atoms with E-state index >= 15 is 0 Å². The minimum Gasteiger partial charge on any atom is -0.489 e. The SMILES string of the molecule is Cc1cccc(COc2ccccc2CN(CC[C@H](N)OP(=O)(O)O)Cc2ccccc2OCc2cccc(C)c2)c1. The molecule has 4 rings (SSSR count). The highest BCUT2D eigenvalue weighted by atomic mass is 31.2. The molecular formula is C33H39N2O6P. The predicted octanol–water partition coefficient (Wildman–Crippen LogP) is 6.25. The van der Waals surface area contributed by atoms with Crippen molar-refractivity contribution in [3.05, 3.63) is 130 Å². The van der Waals surface area contributed by atoms with E-state index in [4.69, 9.17) is 19.7 Å². The van der Waals surface area contributed by atoms with E-state index in [-0.39, 0.29) is 6.42 Å². The average Bonchev–Trinajstić information content (AvgIpc) is 2.94. The lowest BCUT2D eigenvalue weighted by molar-refractivity contribution is 0.114. The molecule has 0 aliphatic heterocycles. The first kappa shape index (κ1) is 31.4. The van der Waals surface area contributed by atoms with Crippen LogP contribution in [-0.2, 0) is 35.4 Å². The summed E-state index contributed by atoms with van der Waals surface area (Å²) in [6, 6.07) is 32.2. The maximum absolute atomic E-state index is 11.3. The summed E-state index contributed by atoms with van der Waals surface area (Å²) in [6.45, 7) is 6.43. The van der Waals surface area contributed by atoms with Crippen LogP contribution in [0, 0.1) is 13.8 Å². The third-order valence-electron chi connectivity index (χ3n) is 6.69. The number of ether oxygens (including phenoxy) is 2. The van der Waals surface area contributed by atoms with Gasteiger partial charge in [0.05, 0.1) is 0 Å². The van der Waals surface area contributed by atoms with Crippen molar-refractivity contribution in [1.29, 1.82) is 0 Å². The minimum atomic E-state index is -4.70. The van der Waals surface area contributed by atoms with Crippen molar-refractivity contribution in [1.82, 2.24) is 4.90 Å². The molecule has 9 heteroatoms. The maximum atomic E-state index is 11.3. The van der Waals surface area contributed by atoms with Gasteiger partial charge in [-0.1, -0.05) is 96.1 Å². The number of nitrogens with two attached hydrogens (primary N) is 1. The number of benzene rings is 4. The summed E-state index contributed by atoms with van der Waals surface area (Å²) in [4.78, 5) is 20.5. The van der Waals surface area contributed by atoms with E-state index in [1.807, 2.05) is 72.8 Å². The molecule has 42 heavy (non-hydrogen) atoms. The second-order valence-electron chi connectivity index (χ2n) is 10.4. The molecule has 4 aromatic carbocycles. The molecule has 222 valence electrons. The van der Waals surface area contributed by atoms with Crippen molar-refractivity contribution in [3.63, 3.8) is 0 Å². The first-order valence-electron chi connectivity index (χ1n) is 13.9. The van der Waals surface area contributed by atoms with Gasteiger partial charge >= 0.3 is 7.82 Å².